The molecule has 102 valence electrons. The Bertz CT molecular complexity index is 563. The largest absolute Gasteiger partial charge is 0.312 e. The Kier molecular flexibility index (Phi) is 4.91. The van der Waals surface area contributed by atoms with Gasteiger partial charge in [0.05, 0.1) is 0 Å². The van der Waals surface area contributed by atoms with E-state index in [1.807, 2.05) is 25.2 Å². The van der Waals surface area contributed by atoms with Crippen molar-refractivity contribution in [3.05, 3.63) is 45.3 Å². The Morgan fingerprint density at radius 2 is 1.84 bits per heavy atom. The first kappa shape index (κ1) is 14.9. The van der Waals surface area contributed by atoms with Crippen molar-refractivity contribution in [1.82, 2.24) is 5.32 Å². The zero-order valence-electron chi connectivity index (χ0n) is 11.2. The Balaban J connectivity index is 2.38. The second kappa shape index (κ2) is 6.27. The van der Waals surface area contributed by atoms with Crippen LogP contribution < -0.4 is 5.32 Å². The highest BCUT2D eigenvalue weighted by Gasteiger charge is 2.16. The third kappa shape index (κ3) is 3.32. The number of rotatable bonds is 4. The van der Waals surface area contributed by atoms with Gasteiger partial charge >= 0.3 is 0 Å². The molecule has 2 aromatic rings. The molecule has 0 saturated heterocycles. The second-order valence-corrected chi connectivity index (χ2v) is 6.80. The molecule has 0 aliphatic rings. The molecule has 1 heterocycles. The first-order chi connectivity index (χ1) is 9.02. The summed E-state index contributed by atoms with van der Waals surface area (Å²) >= 11 is 14.1. The van der Waals surface area contributed by atoms with Crippen LogP contribution in [0.3, 0.4) is 0 Å². The monoisotopic (exact) mass is 313 g/mol. The predicted octanol–water partition coefficient (Wildman–Crippen LogP) is 5.64. The summed E-state index contributed by atoms with van der Waals surface area (Å²) in [7, 11) is 2.00. The summed E-state index contributed by atoms with van der Waals surface area (Å²) in [6.45, 7) is 4.43. The molecule has 1 aromatic heterocycles. The van der Waals surface area contributed by atoms with E-state index < -0.39 is 0 Å². The Hall–Kier alpha value is -0.540. The molecule has 1 N–H and O–H groups in total. The van der Waals surface area contributed by atoms with Crippen LogP contribution in [0.1, 0.15) is 24.8 Å². The summed E-state index contributed by atoms with van der Waals surface area (Å²) in [6, 6.07) is 10.2. The van der Waals surface area contributed by atoms with E-state index in [4.69, 9.17) is 23.2 Å². The van der Waals surface area contributed by atoms with Gasteiger partial charge in [-0.05, 0) is 43.3 Å². The van der Waals surface area contributed by atoms with Crippen LogP contribution in [0, 0.1) is 5.92 Å². The first-order valence-corrected chi connectivity index (χ1v) is 7.82. The molecule has 0 amide bonds. The fraction of sp³-hybridized carbons (Fsp3) is 0.333. The molecule has 0 bridgehead atoms. The van der Waals surface area contributed by atoms with Crippen LogP contribution in [0.15, 0.2) is 30.3 Å². The lowest BCUT2D eigenvalue weighted by molar-refractivity contribution is 0.449. The van der Waals surface area contributed by atoms with Gasteiger partial charge in [-0.25, -0.2) is 0 Å². The van der Waals surface area contributed by atoms with Crippen LogP contribution in [0.4, 0.5) is 0 Å². The molecule has 0 fully saturated rings. The minimum Gasteiger partial charge on any atom is -0.312 e. The van der Waals surface area contributed by atoms with Crippen molar-refractivity contribution in [2.45, 2.75) is 19.9 Å². The Morgan fingerprint density at radius 3 is 2.47 bits per heavy atom. The van der Waals surface area contributed by atoms with Crippen molar-refractivity contribution in [2.75, 3.05) is 7.05 Å². The number of hydrogen-bond donors (Lipinski definition) is 1. The van der Waals surface area contributed by atoms with Gasteiger partial charge < -0.3 is 5.32 Å². The van der Waals surface area contributed by atoms with Crippen LogP contribution in [-0.4, -0.2) is 7.05 Å². The van der Waals surface area contributed by atoms with Crippen LogP contribution in [-0.2, 0) is 0 Å². The molecule has 0 saturated carbocycles. The standard InChI is InChI=1S/C15H17Cl2NS/c1-9(2)15(18-3)14-7-6-13(19-14)11-8-10(16)4-5-12(11)17/h4-9,15,18H,1-3H3. The zero-order chi connectivity index (χ0) is 14.0. The van der Waals surface area contributed by atoms with E-state index in [1.165, 1.54) is 4.88 Å². The van der Waals surface area contributed by atoms with Gasteiger partial charge in [0.25, 0.3) is 0 Å². The van der Waals surface area contributed by atoms with E-state index >= 15 is 0 Å². The highest BCUT2D eigenvalue weighted by molar-refractivity contribution is 7.15. The second-order valence-electron chi connectivity index (χ2n) is 4.84. The van der Waals surface area contributed by atoms with Crippen molar-refractivity contribution in [3.8, 4) is 10.4 Å². The zero-order valence-corrected chi connectivity index (χ0v) is 13.5. The quantitative estimate of drug-likeness (QED) is 0.770. The maximum atomic E-state index is 6.25. The molecule has 1 unspecified atom stereocenters. The normalized spacial score (nSPS) is 12.9. The highest BCUT2D eigenvalue weighted by Crippen LogP contribution is 2.38. The Morgan fingerprint density at radius 1 is 1.11 bits per heavy atom. The van der Waals surface area contributed by atoms with Gasteiger partial charge in [0.15, 0.2) is 0 Å². The maximum absolute atomic E-state index is 6.25. The van der Waals surface area contributed by atoms with Crippen molar-refractivity contribution in [2.24, 2.45) is 5.92 Å². The van der Waals surface area contributed by atoms with Gasteiger partial charge in [0, 0.05) is 31.4 Å². The molecule has 2 rings (SSSR count). The topological polar surface area (TPSA) is 12.0 Å². The number of halogens is 2. The summed E-state index contributed by atoms with van der Waals surface area (Å²) in [6.07, 6.45) is 0. The third-order valence-corrected chi connectivity index (χ3v) is 4.87. The van der Waals surface area contributed by atoms with E-state index in [9.17, 15) is 0 Å². The SMILES string of the molecule is CNC(c1ccc(-c2cc(Cl)ccc2Cl)s1)C(C)C. The van der Waals surface area contributed by atoms with E-state index in [0.717, 1.165) is 15.5 Å². The Labute approximate surface area is 128 Å². The van der Waals surface area contributed by atoms with Gasteiger partial charge in [-0.2, -0.15) is 0 Å². The van der Waals surface area contributed by atoms with Gasteiger partial charge in [-0.3, -0.25) is 0 Å². The number of thiophene rings is 1. The molecule has 4 heteroatoms. The van der Waals surface area contributed by atoms with Gasteiger partial charge in [-0.1, -0.05) is 37.0 Å². The summed E-state index contributed by atoms with van der Waals surface area (Å²) in [4.78, 5) is 2.48. The van der Waals surface area contributed by atoms with Crippen molar-refractivity contribution in [3.63, 3.8) is 0 Å². The van der Waals surface area contributed by atoms with Gasteiger partial charge in [0.2, 0.25) is 0 Å². The van der Waals surface area contributed by atoms with E-state index in [2.05, 4.69) is 31.3 Å². The lowest BCUT2D eigenvalue weighted by Gasteiger charge is -2.18. The molecular formula is C15H17Cl2NS. The van der Waals surface area contributed by atoms with Crippen molar-refractivity contribution < 1.29 is 0 Å². The first-order valence-electron chi connectivity index (χ1n) is 6.25. The molecule has 1 nitrogen and oxygen atoms in total. The molecule has 0 spiro atoms. The molecule has 1 aromatic carbocycles. The predicted molar refractivity (Wildman–Crippen MR) is 86.4 cm³/mol. The minimum absolute atomic E-state index is 0.372. The van der Waals surface area contributed by atoms with Gasteiger partial charge in [0.1, 0.15) is 0 Å². The molecule has 1 atom stereocenters. The highest BCUT2D eigenvalue weighted by atomic mass is 35.5. The van der Waals surface area contributed by atoms with Crippen molar-refractivity contribution in [1.29, 1.82) is 0 Å². The summed E-state index contributed by atoms with van der Waals surface area (Å²) in [5, 5.41) is 4.81. The molecule has 0 aliphatic heterocycles. The van der Waals surface area contributed by atoms with Crippen LogP contribution in [0.2, 0.25) is 10.0 Å². The summed E-state index contributed by atoms with van der Waals surface area (Å²) in [5.41, 5.74) is 1.00. The molecular weight excluding hydrogens is 297 g/mol. The lowest BCUT2D eigenvalue weighted by Crippen LogP contribution is -2.20. The van der Waals surface area contributed by atoms with E-state index in [1.54, 1.807) is 11.3 Å². The van der Waals surface area contributed by atoms with Crippen LogP contribution in [0.25, 0.3) is 10.4 Å². The molecule has 0 radical (unpaired) electrons. The van der Waals surface area contributed by atoms with E-state index in [-0.39, 0.29) is 0 Å². The van der Waals surface area contributed by atoms with E-state index in [0.29, 0.717) is 17.0 Å². The van der Waals surface area contributed by atoms with Gasteiger partial charge in [-0.15, -0.1) is 11.3 Å². The number of nitrogens with one attached hydrogen (secondary N) is 1. The van der Waals surface area contributed by atoms with Crippen LogP contribution >= 0.6 is 34.5 Å². The molecule has 0 aliphatic carbocycles. The summed E-state index contributed by atoms with van der Waals surface area (Å²) in [5.74, 6) is 0.548. The summed E-state index contributed by atoms with van der Waals surface area (Å²) < 4.78 is 0. The smallest absolute Gasteiger partial charge is 0.0493 e. The van der Waals surface area contributed by atoms with Crippen LogP contribution in [0.5, 0.6) is 0 Å². The fourth-order valence-electron chi connectivity index (χ4n) is 2.16. The average molecular weight is 314 g/mol. The molecule has 19 heavy (non-hydrogen) atoms. The fourth-order valence-corrected chi connectivity index (χ4v) is 3.92. The lowest BCUT2D eigenvalue weighted by atomic mass is 10.0. The maximum Gasteiger partial charge on any atom is 0.0493 e. The minimum atomic E-state index is 0.372. The number of benzene rings is 1. The third-order valence-electron chi connectivity index (χ3n) is 3.10. The average Bonchev–Trinajstić information content (AvgIpc) is 2.82. The number of hydrogen-bond acceptors (Lipinski definition) is 2. The van der Waals surface area contributed by atoms with Crippen molar-refractivity contribution >= 4 is 34.5 Å².